The van der Waals surface area contributed by atoms with E-state index in [0.717, 1.165) is 12.8 Å². The molecule has 0 spiro atoms. The van der Waals surface area contributed by atoms with Crippen LogP contribution in [-0.2, 0) is 4.79 Å². The number of nitro benzene ring substituents is 1. The number of anilines is 1. The topological polar surface area (TPSA) is 105 Å². The van der Waals surface area contributed by atoms with Crippen LogP contribution in [0.1, 0.15) is 23.2 Å². The molecule has 8 heteroatoms. The minimum atomic E-state index is -0.560. The summed E-state index contributed by atoms with van der Waals surface area (Å²) in [5.41, 5.74) is 0.544. The van der Waals surface area contributed by atoms with Gasteiger partial charge in [0.1, 0.15) is 0 Å². The molecule has 1 aliphatic rings. The first-order valence-corrected chi connectivity index (χ1v) is 6.92. The number of amides is 2. The number of hydrogen-bond acceptors (Lipinski definition) is 5. The fourth-order valence-corrected chi connectivity index (χ4v) is 1.97. The van der Waals surface area contributed by atoms with Gasteiger partial charge in [-0.3, -0.25) is 19.7 Å². The van der Waals surface area contributed by atoms with Crippen LogP contribution < -0.4 is 15.5 Å². The van der Waals surface area contributed by atoms with Gasteiger partial charge in [-0.2, -0.15) is 0 Å². The molecule has 0 unspecified atom stereocenters. The van der Waals surface area contributed by atoms with Crippen LogP contribution in [0.25, 0.3) is 0 Å². The standard InChI is InChI=1S/C14H18N4O4/c1-17(2)12-6-5-10(18(21)22)7-11(12)14(20)15-8-13(19)16-9-3-4-9/h5-7,9H,3-4,8H2,1-2H3,(H,15,20)(H,16,19). The van der Waals surface area contributed by atoms with Crippen LogP contribution >= 0.6 is 0 Å². The Morgan fingerprint density at radius 2 is 2.05 bits per heavy atom. The number of benzene rings is 1. The molecule has 1 saturated carbocycles. The summed E-state index contributed by atoms with van der Waals surface area (Å²) in [6, 6.07) is 4.28. The second kappa shape index (κ2) is 6.42. The Labute approximate surface area is 127 Å². The summed E-state index contributed by atoms with van der Waals surface area (Å²) in [6.45, 7) is -0.148. The average Bonchev–Trinajstić information content (AvgIpc) is 3.27. The van der Waals surface area contributed by atoms with Gasteiger partial charge < -0.3 is 15.5 Å². The highest BCUT2D eigenvalue weighted by Gasteiger charge is 2.24. The maximum absolute atomic E-state index is 12.2. The lowest BCUT2D eigenvalue weighted by molar-refractivity contribution is -0.384. The van der Waals surface area contributed by atoms with Crippen LogP contribution in [0.4, 0.5) is 11.4 Å². The smallest absolute Gasteiger partial charge is 0.270 e. The molecule has 2 amide bonds. The minimum Gasteiger partial charge on any atom is -0.377 e. The molecule has 0 aliphatic heterocycles. The van der Waals surface area contributed by atoms with Crippen LogP contribution in [-0.4, -0.2) is 43.4 Å². The number of hydrogen-bond donors (Lipinski definition) is 2. The summed E-state index contributed by atoms with van der Waals surface area (Å²) >= 11 is 0. The van der Waals surface area contributed by atoms with Crippen LogP contribution in [0.2, 0.25) is 0 Å². The predicted octanol–water partition coefficient (Wildman–Crippen LogP) is 0.669. The van der Waals surface area contributed by atoms with Gasteiger partial charge >= 0.3 is 0 Å². The molecule has 0 radical (unpaired) electrons. The molecular weight excluding hydrogens is 288 g/mol. The monoisotopic (exact) mass is 306 g/mol. The van der Waals surface area contributed by atoms with Crippen LogP contribution in [0.5, 0.6) is 0 Å². The van der Waals surface area contributed by atoms with Gasteiger partial charge in [0.2, 0.25) is 5.91 Å². The highest BCUT2D eigenvalue weighted by Crippen LogP contribution is 2.24. The Morgan fingerprint density at radius 3 is 2.59 bits per heavy atom. The summed E-state index contributed by atoms with van der Waals surface area (Å²) in [5, 5.41) is 16.1. The maximum Gasteiger partial charge on any atom is 0.270 e. The molecule has 0 bridgehead atoms. The molecule has 0 aromatic heterocycles. The van der Waals surface area contributed by atoms with Gasteiger partial charge in [-0.15, -0.1) is 0 Å². The lowest BCUT2D eigenvalue weighted by Gasteiger charge is -2.16. The summed E-state index contributed by atoms with van der Waals surface area (Å²) < 4.78 is 0. The molecule has 0 saturated heterocycles. The second-order valence-electron chi connectivity index (χ2n) is 5.38. The number of rotatable bonds is 6. The van der Waals surface area contributed by atoms with E-state index in [1.165, 1.54) is 18.2 Å². The molecule has 1 fully saturated rings. The Bertz CT molecular complexity index is 611. The van der Waals surface area contributed by atoms with Crippen molar-refractivity contribution < 1.29 is 14.5 Å². The second-order valence-corrected chi connectivity index (χ2v) is 5.38. The Morgan fingerprint density at radius 1 is 1.36 bits per heavy atom. The first kappa shape index (κ1) is 15.7. The molecular formula is C14H18N4O4. The zero-order chi connectivity index (χ0) is 16.3. The van der Waals surface area contributed by atoms with Crippen molar-refractivity contribution in [1.82, 2.24) is 10.6 Å². The van der Waals surface area contributed by atoms with Crippen molar-refractivity contribution in [3.05, 3.63) is 33.9 Å². The first-order valence-electron chi connectivity index (χ1n) is 6.92. The van der Waals surface area contributed by atoms with Crippen LogP contribution in [0.3, 0.4) is 0 Å². The van der Waals surface area contributed by atoms with Crippen molar-refractivity contribution >= 4 is 23.2 Å². The van der Waals surface area contributed by atoms with Crippen molar-refractivity contribution in [2.75, 3.05) is 25.5 Å². The van der Waals surface area contributed by atoms with E-state index < -0.39 is 10.8 Å². The Balaban J connectivity index is 2.10. The highest BCUT2D eigenvalue weighted by molar-refractivity contribution is 6.01. The fraction of sp³-hybridized carbons (Fsp3) is 0.429. The molecule has 22 heavy (non-hydrogen) atoms. The number of nitrogens with zero attached hydrogens (tertiary/aromatic N) is 2. The van der Waals surface area contributed by atoms with Crippen LogP contribution in [0, 0.1) is 10.1 Å². The molecule has 118 valence electrons. The third-order valence-corrected chi connectivity index (χ3v) is 3.27. The lowest BCUT2D eigenvalue weighted by atomic mass is 10.1. The van der Waals surface area contributed by atoms with Gasteiger partial charge in [0, 0.05) is 38.0 Å². The number of non-ortho nitro benzene ring substituents is 1. The number of carbonyl (C=O) groups excluding carboxylic acids is 2. The van der Waals surface area contributed by atoms with Crippen molar-refractivity contribution in [1.29, 1.82) is 0 Å². The van der Waals surface area contributed by atoms with Crippen LogP contribution in [0.15, 0.2) is 18.2 Å². The summed E-state index contributed by atoms with van der Waals surface area (Å²) in [6.07, 6.45) is 1.94. The predicted molar refractivity (Wildman–Crippen MR) is 80.9 cm³/mol. The molecule has 1 aliphatic carbocycles. The van der Waals surface area contributed by atoms with Gasteiger partial charge in [0.15, 0.2) is 0 Å². The van der Waals surface area contributed by atoms with E-state index in [1.807, 2.05) is 0 Å². The molecule has 1 aromatic carbocycles. The molecule has 1 aromatic rings. The third kappa shape index (κ3) is 3.94. The van der Waals surface area contributed by atoms with E-state index in [-0.39, 0.29) is 29.7 Å². The SMILES string of the molecule is CN(C)c1ccc([N+](=O)[O-])cc1C(=O)NCC(=O)NC1CC1. The molecule has 8 nitrogen and oxygen atoms in total. The maximum atomic E-state index is 12.2. The van der Waals surface area contributed by atoms with Gasteiger partial charge in [0.05, 0.1) is 17.0 Å². The van der Waals surface area contributed by atoms with Crippen molar-refractivity contribution in [3.63, 3.8) is 0 Å². The van der Waals surface area contributed by atoms with E-state index in [0.29, 0.717) is 5.69 Å². The zero-order valence-corrected chi connectivity index (χ0v) is 12.5. The zero-order valence-electron chi connectivity index (χ0n) is 12.5. The van der Waals surface area contributed by atoms with Gasteiger partial charge in [0.25, 0.3) is 11.6 Å². The molecule has 2 rings (SSSR count). The van der Waals surface area contributed by atoms with Crippen molar-refractivity contribution in [2.24, 2.45) is 0 Å². The molecule has 0 heterocycles. The van der Waals surface area contributed by atoms with E-state index in [2.05, 4.69) is 10.6 Å². The fourth-order valence-electron chi connectivity index (χ4n) is 1.97. The summed E-state index contributed by atoms with van der Waals surface area (Å²) in [4.78, 5) is 35.8. The number of nitrogens with one attached hydrogen (secondary N) is 2. The summed E-state index contributed by atoms with van der Waals surface area (Å²) in [7, 11) is 3.47. The van der Waals surface area contributed by atoms with E-state index >= 15 is 0 Å². The normalized spacial score (nSPS) is 13.4. The number of carbonyl (C=O) groups is 2. The first-order chi connectivity index (χ1) is 10.4. The third-order valence-electron chi connectivity index (χ3n) is 3.27. The highest BCUT2D eigenvalue weighted by atomic mass is 16.6. The van der Waals surface area contributed by atoms with Gasteiger partial charge in [-0.1, -0.05) is 0 Å². The lowest BCUT2D eigenvalue weighted by Crippen LogP contribution is -2.38. The van der Waals surface area contributed by atoms with E-state index in [4.69, 9.17) is 0 Å². The quantitative estimate of drug-likeness (QED) is 0.593. The molecule has 0 atom stereocenters. The van der Waals surface area contributed by atoms with E-state index in [1.54, 1.807) is 19.0 Å². The number of nitro groups is 1. The minimum absolute atomic E-state index is 0.148. The average molecular weight is 306 g/mol. The largest absolute Gasteiger partial charge is 0.377 e. The Kier molecular flexibility index (Phi) is 4.59. The van der Waals surface area contributed by atoms with Gasteiger partial charge in [-0.25, -0.2) is 0 Å². The van der Waals surface area contributed by atoms with Gasteiger partial charge in [-0.05, 0) is 18.9 Å². The summed E-state index contributed by atoms with van der Waals surface area (Å²) in [5.74, 6) is -0.772. The van der Waals surface area contributed by atoms with Crippen molar-refractivity contribution in [2.45, 2.75) is 18.9 Å². The molecule has 2 N–H and O–H groups in total. The van der Waals surface area contributed by atoms with E-state index in [9.17, 15) is 19.7 Å². The van der Waals surface area contributed by atoms with Crippen molar-refractivity contribution in [3.8, 4) is 0 Å². The Hall–Kier alpha value is -2.64.